The van der Waals surface area contributed by atoms with E-state index < -0.39 is 17.4 Å². The van der Waals surface area contributed by atoms with Crippen LogP contribution in [0.15, 0.2) is 60.7 Å². The van der Waals surface area contributed by atoms with E-state index in [0.29, 0.717) is 24.6 Å². The summed E-state index contributed by atoms with van der Waals surface area (Å²) in [4.78, 5) is 28.3. The standard InChI is InChI=1S/C25H24N2O5/c28-23(26-12-4-7-16-5-2-1-3-6-16)21-19-10-11-25(32-19)14-27(24(29)22(21)25)17-8-9-18-20(13-17)31-15-30-18/h1-3,5-6,8-11,13,19,21-22H,4,7,12,14-15H2,(H,26,28)/t19?,21?,22?,25-/m0/s1. The van der Waals surface area contributed by atoms with Crippen LogP contribution in [-0.4, -0.2) is 43.4 Å². The zero-order chi connectivity index (χ0) is 21.7. The molecule has 4 aliphatic heterocycles. The predicted molar refractivity (Wildman–Crippen MR) is 116 cm³/mol. The van der Waals surface area contributed by atoms with Crippen LogP contribution in [0.5, 0.6) is 11.5 Å². The van der Waals surface area contributed by atoms with E-state index in [9.17, 15) is 9.59 Å². The van der Waals surface area contributed by atoms with E-state index in [0.717, 1.165) is 18.5 Å². The summed E-state index contributed by atoms with van der Waals surface area (Å²) in [5.41, 5.74) is 1.23. The SMILES string of the molecule is O=C(NCCCc1ccccc1)C1C2C=C[C@@]3(CN(c4ccc5c(c4)OCO5)C(=O)C13)O2. The number of hydrogen-bond acceptors (Lipinski definition) is 5. The number of benzene rings is 2. The lowest BCUT2D eigenvalue weighted by Crippen LogP contribution is -2.44. The molecule has 3 unspecified atom stereocenters. The summed E-state index contributed by atoms with van der Waals surface area (Å²) in [5, 5.41) is 3.04. The number of fused-ring (bicyclic) bond motifs is 2. The highest BCUT2D eigenvalue weighted by molar-refractivity contribution is 6.03. The summed E-state index contributed by atoms with van der Waals surface area (Å²) in [6.45, 7) is 1.14. The molecule has 2 amide bonds. The molecule has 7 nitrogen and oxygen atoms in total. The maximum atomic E-state index is 13.5. The average Bonchev–Trinajstić information content (AvgIpc) is 3.57. The van der Waals surface area contributed by atoms with E-state index >= 15 is 0 Å². The van der Waals surface area contributed by atoms with Crippen molar-refractivity contribution >= 4 is 17.5 Å². The Morgan fingerprint density at radius 3 is 2.84 bits per heavy atom. The molecule has 2 fully saturated rings. The number of nitrogens with zero attached hydrogens (tertiary/aromatic N) is 1. The summed E-state index contributed by atoms with van der Waals surface area (Å²) in [6, 6.07) is 15.7. The van der Waals surface area contributed by atoms with E-state index in [1.54, 1.807) is 4.90 Å². The van der Waals surface area contributed by atoms with Crippen molar-refractivity contribution in [1.82, 2.24) is 5.32 Å². The molecule has 1 N–H and O–H groups in total. The van der Waals surface area contributed by atoms with Crippen molar-refractivity contribution in [1.29, 1.82) is 0 Å². The second kappa shape index (κ2) is 7.38. The number of nitrogens with one attached hydrogen (secondary N) is 1. The average molecular weight is 432 g/mol. The minimum atomic E-state index is -0.746. The van der Waals surface area contributed by atoms with Gasteiger partial charge in [0.15, 0.2) is 11.5 Å². The molecule has 1 spiro atoms. The van der Waals surface area contributed by atoms with Crippen LogP contribution in [0.25, 0.3) is 0 Å². The van der Waals surface area contributed by atoms with Crippen LogP contribution in [0.3, 0.4) is 0 Å². The van der Waals surface area contributed by atoms with Crippen molar-refractivity contribution in [2.24, 2.45) is 11.8 Å². The quantitative estimate of drug-likeness (QED) is 0.561. The van der Waals surface area contributed by atoms with Crippen LogP contribution < -0.4 is 19.7 Å². The van der Waals surface area contributed by atoms with Gasteiger partial charge < -0.3 is 24.4 Å². The molecular weight excluding hydrogens is 408 g/mol. The van der Waals surface area contributed by atoms with Crippen molar-refractivity contribution < 1.29 is 23.8 Å². The summed E-state index contributed by atoms with van der Waals surface area (Å²) in [7, 11) is 0. The molecule has 0 radical (unpaired) electrons. The maximum Gasteiger partial charge on any atom is 0.234 e. The summed E-state index contributed by atoms with van der Waals surface area (Å²) >= 11 is 0. The summed E-state index contributed by atoms with van der Waals surface area (Å²) in [6.07, 6.45) is 5.29. The second-order valence-electron chi connectivity index (χ2n) is 8.74. The monoisotopic (exact) mass is 432 g/mol. The zero-order valence-corrected chi connectivity index (χ0v) is 17.5. The van der Waals surface area contributed by atoms with Gasteiger partial charge in [0.25, 0.3) is 0 Å². The van der Waals surface area contributed by atoms with Gasteiger partial charge in [0.05, 0.1) is 24.5 Å². The van der Waals surface area contributed by atoms with Gasteiger partial charge in [-0.1, -0.05) is 42.5 Å². The molecule has 4 aliphatic rings. The van der Waals surface area contributed by atoms with Gasteiger partial charge >= 0.3 is 0 Å². The third kappa shape index (κ3) is 2.99. The van der Waals surface area contributed by atoms with Gasteiger partial charge in [-0.25, -0.2) is 0 Å². The van der Waals surface area contributed by atoms with Gasteiger partial charge in [-0.15, -0.1) is 0 Å². The predicted octanol–water partition coefficient (Wildman–Crippen LogP) is 2.45. The fourth-order valence-corrected chi connectivity index (χ4v) is 5.34. The first kappa shape index (κ1) is 19.4. The third-order valence-electron chi connectivity index (χ3n) is 6.86. The van der Waals surface area contributed by atoms with Gasteiger partial charge in [0, 0.05) is 18.3 Å². The highest BCUT2D eigenvalue weighted by atomic mass is 16.7. The summed E-state index contributed by atoms with van der Waals surface area (Å²) in [5.74, 6) is 0.0718. The number of ether oxygens (including phenoxy) is 3. The van der Waals surface area contributed by atoms with Crippen LogP contribution in [0.1, 0.15) is 12.0 Å². The van der Waals surface area contributed by atoms with E-state index in [1.807, 2.05) is 48.6 Å². The van der Waals surface area contributed by atoms with Gasteiger partial charge in [-0.05, 0) is 30.5 Å². The van der Waals surface area contributed by atoms with Gasteiger partial charge in [0.2, 0.25) is 18.6 Å². The molecule has 164 valence electrons. The number of aryl methyl sites for hydroxylation is 1. The zero-order valence-electron chi connectivity index (χ0n) is 17.5. The van der Waals surface area contributed by atoms with Crippen LogP contribution >= 0.6 is 0 Å². The molecule has 7 heteroatoms. The second-order valence-corrected chi connectivity index (χ2v) is 8.74. The lowest BCUT2D eigenvalue weighted by Gasteiger charge is -2.23. The maximum absolute atomic E-state index is 13.5. The fraction of sp³-hybridized carbons (Fsp3) is 0.360. The Morgan fingerprint density at radius 2 is 1.97 bits per heavy atom. The minimum Gasteiger partial charge on any atom is -0.454 e. The van der Waals surface area contributed by atoms with Crippen LogP contribution in [0.2, 0.25) is 0 Å². The minimum absolute atomic E-state index is 0.0832. The Kier molecular flexibility index (Phi) is 4.47. The smallest absolute Gasteiger partial charge is 0.234 e. The largest absolute Gasteiger partial charge is 0.454 e. The number of hydrogen-bond donors (Lipinski definition) is 1. The molecule has 2 saturated heterocycles. The molecular formula is C25H24N2O5. The Bertz CT molecular complexity index is 1100. The van der Waals surface area contributed by atoms with E-state index in [4.69, 9.17) is 14.2 Å². The van der Waals surface area contributed by atoms with Gasteiger partial charge in [-0.2, -0.15) is 0 Å². The summed E-state index contributed by atoms with van der Waals surface area (Å²) < 4.78 is 17.1. The normalized spacial score (nSPS) is 28.9. The number of amides is 2. The molecule has 4 heterocycles. The van der Waals surface area contributed by atoms with E-state index in [-0.39, 0.29) is 24.7 Å². The van der Waals surface area contributed by atoms with Crippen molar-refractivity contribution in [3.63, 3.8) is 0 Å². The molecule has 32 heavy (non-hydrogen) atoms. The van der Waals surface area contributed by atoms with Crippen LogP contribution in [0, 0.1) is 11.8 Å². The third-order valence-corrected chi connectivity index (χ3v) is 6.86. The topological polar surface area (TPSA) is 77.1 Å². The number of rotatable bonds is 6. The molecule has 0 aliphatic carbocycles. The number of carbonyl (C=O) groups excluding carboxylic acids is 2. The molecule has 2 bridgehead atoms. The fourth-order valence-electron chi connectivity index (χ4n) is 5.34. The molecule has 6 rings (SSSR count). The highest BCUT2D eigenvalue weighted by Gasteiger charge is 2.67. The van der Waals surface area contributed by atoms with E-state index in [1.165, 1.54) is 5.56 Å². The van der Waals surface area contributed by atoms with Crippen molar-refractivity contribution in [2.75, 3.05) is 24.8 Å². The molecule has 0 saturated carbocycles. The van der Waals surface area contributed by atoms with E-state index in [2.05, 4.69) is 17.4 Å². The van der Waals surface area contributed by atoms with Crippen molar-refractivity contribution in [2.45, 2.75) is 24.5 Å². The Balaban J connectivity index is 1.15. The van der Waals surface area contributed by atoms with Gasteiger partial charge in [-0.3, -0.25) is 9.59 Å². The Hall–Kier alpha value is -3.32. The Labute approximate surface area is 185 Å². The lowest BCUT2D eigenvalue weighted by molar-refractivity contribution is -0.131. The van der Waals surface area contributed by atoms with Crippen LogP contribution in [-0.2, 0) is 20.7 Å². The molecule has 0 aromatic heterocycles. The first-order valence-corrected chi connectivity index (χ1v) is 11.0. The first-order valence-electron chi connectivity index (χ1n) is 11.0. The first-order chi connectivity index (χ1) is 15.6. The molecule has 2 aromatic carbocycles. The lowest BCUT2D eigenvalue weighted by atomic mass is 9.77. The molecule has 2 aromatic rings. The Morgan fingerprint density at radius 1 is 1.12 bits per heavy atom. The van der Waals surface area contributed by atoms with Crippen molar-refractivity contribution in [3.8, 4) is 11.5 Å². The highest BCUT2D eigenvalue weighted by Crippen LogP contribution is 2.53. The molecule has 4 atom stereocenters. The van der Waals surface area contributed by atoms with Gasteiger partial charge in [0.1, 0.15) is 5.60 Å². The number of anilines is 1. The number of carbonyl (C=O) groups is 2. The van der Waals surface area contributed by atoms with Crippen LogP contribution in [0.4, 0.5) is 5.69 Å². The van der Waals surface area contributed by atoms with Crippen molar-refractivity contribution in [3.05, 3.63) is 66.2 Å².